The zero-order valence-corrected chi connectivity index (χ0v) is 11.4. The van der Waals surface area contributed by atoms with Gasteiger partial charge in [-0.25, -0.2) is 0 Å². The lowest BCUT2D eigenvalue weighted by atomic mass is 10.4. The van der Waals surface area contributed by atoms with Crippen molar-refractivity contribution in [2.45, 2.75) is 18.5 Å². The van der Waals surface area contributed by atoms with Gasteiger partial charge in [0.15, 0.2) is 11.5 Å². The van der Waals surface area contributed by atoms with Gasteiger partial charge >= 0.3 is 5.97 Å². The molecule has 0 saturated heterocycles. The zero-order valence-electron chi connectivity index (χ0n) is 9.72. The minimum atomic E-state index is -0.726. The molecule has 5 nitrogen and oxygen atoms in total. The van der Waals surface area contributed by atoms with Crippen LogP contribution in [0, 0.1) is 0 Å². The van der Waals surface area contributed by atoms with Gasteiger partial charge in [0.05, 0.1) is 13.7 Å². The van der Waals surface area contributed by atoms with Gasteiger partial charge in [-0.3, -0.25) is 4.79 Å². The highest BCUT2D eigenvalue weighted by Crippen LogP contribution is 2.21. The number of thioether (sulfide) groups is 1. The van der Waals surface area contributed by atoms with Crippen LogP contribution in [0.4, 0.5) is 0 Å². The Morgan fingerprint density at radius 1 is 1.31 bits per heavy atom. The van der Waals surface area contributed by atoms with Crippen molar-refractivity contribution >= 4 is 34.3 Å². The minimum Gasteiger partial charge on any atom is -0.479 e. The van der Waals surface area contributed by atoms with E-state index < -0.39 is 17.5 Å². The molecule has 0 spiro atoms. The smallest absolute Gasteiger partial charge is 0.324 e. The third-order valence-corrected chi connectivity index (χ3v) is 3.02. The normalized spacial score (nSPS) is 12.3. The molecule has 7 heteroatoms. The van der Waals surface area contributed by atoms with Gasteiger partial charge in [-0.05, 0) is 19.1 Å². The van der Waals surface area contributed by atoms with Crippen LogP contribution in [0.2, 0.25) is 0 Å². The first-order valence-corrected chi connectivity index (χ1v) is 5.86. The highest BCUT2D eigenvalue weighted by atomic mass is 32.2. The summed E-state index contributed by atoms with van der Waals surface area (Å²) in [5, 5.41) is -0.695. The maximum atomic E-state index is 11.5. The second-order valence-corrected chi connectivity index (χ2v) is 4.33. The number of hydrogen-bond acceptors (Lipinski definition) is 7. The van der Waals surface area contributed by atoms with Crippen molar-refractivity contribution in [3.63, 3.8) is 0 Å². The first-order chi connectivity index (χ1) is 7.60. The second kappa shape index (κ2) is 8.74. The van der Waals surface area contributed by atoms with E-state index in [1.807, 2.05) is 6.92 Å². The van der Waals surface area contributed by atoms with Gasteiger partial charge < -0.3 is 18.9 Å². The number of carbonyl (C=O) groups is 1. The second-order valence-electron chi connectivity index (χ2n) is 2.58. The quantitative estimate of drug-likeness (QED) is 0.407. The molecule has 0 aliphatic heterocycles. The van der Waals surface area contributed by atoms with Crippen LogP contribution in [-0.4, -0.2) is 49.8 Å². The monoisotopic (exact) mass is 268 g/mol. The Hall–Kier alpha value is -0.370. The molecule has 0 bridgehead atoms. The molecule has 0 saturated carbocycles. The molecule has 1 atom stereocenters. The maximum Gasteiger partial charge on any atom is 0.324 e. The molecule has 94 valence electrons. The summed E-state index contributed by atoms with van der Waals surface area (Å²) in [5.41, 5.74) is 0. The highest BCUT2D eigenvalue weighted by molar-refractivity contribution is 8.23. The SMILES string of the molecule is CCOC(=S)SC(C(=O)OC)C(OC)OC. The first-order valence-electron chi connectivity index (χ1n) is 4.57. The summed E-state index contributed by atoms with van der Waals surface area (Å²) in [6.07, 6.45) is -0.726. The Labute approximate surface area is 105 Å². The molecule has 0 N–H and O–H groups in total. The lowest BCUT2D eigenvalue weighted by molar-refractivity contribution is -0.154. The summed E-state index contributed by atoms with van der Waals surface area (Å²) in [6.45, 7) is 2.26. The number of ether oxygens (including phenoxy) is 4. The van der Waals surface area contributed by atoms with E-state index in [1.54, 1.807) is 0 Å². The van der Waals surface area contributed by atoms with E-state index in [2.05, 4.69) is 4.74 Å². The van der Waals surface area contributed by atoms with Crippen LogP contribution in [0.3, 0.4) is 0 Å². The number of methoxy groups -OCH3 is 3. The molecule has 0 aromatic rings. The van der Waals surface area contributed by atoms with Crippen LogP contribution in [0.1, 0.15) is 6.92 Å². The van der Waals surface area contributed by atoms with Crippen LogP contribution < -0.4 is 0 Å². The van der Waals surface area contributed by atoms with Gasteiger partial charge in [-0.15, -0.1) is 0 Å². The van der Waals surface area contributed by atoms with Gasteiger partial charge in [-0.2, -0.15) is 0 Å². The topological polar surface area (TPSA) is 54.0 Å². The molecule has 0 aromatic heterocycles. The van der Waals surface area contributed by atoms with E-state index in [-0.39, 0.29) is 4.38 Å². The predicted molar refractivity (Wildman–Crippen MR) is 65.4 cm³/mol. The van der Waals surface area contributed by atoms with Crippen molar-refractivity contribution in [2.24, 2.45) is 0 Å². The lowest BCUT2D eigenvalue weighted by Gasteiger charge is -2.21. The van der Waals surface area contributed by atoms with Gasteiger partial charge in [0.1, 0.15) is 0 Å². The predicted octanol–water partition coefficient (Wildman–Crippen LogP) is 1.20. The first kappa shape index (κ1) is 15.6. The molecule has 0 radical (unpaired) electrons. The van der Waals surface area contributed by atoms with E-state index in [4.69, 9.17) is 26.4 Å². The Kier molecular flexibility index (Phi) is 8.54. The molecule has 0 aromatic carbocycles. The van der Waals surface area contributed by atoms with E-state index in [0.717, 1.165) is 11.8 Å². The fourth-order valence-corrected chi connectivity index (χ4v) is 2.28. The Morgan fingerprint density at radius 2 is 1.88 bits per heavy atom. The summed E-state index contributed by atoms with van der Waals surface area (Å²) in [5.74, 6) is -0.472. The van der Waals surface area contributed by atoms with Gasteiger partial charge in [-0.1, -0.05) is 11.8 Å². The summed E-state index contributed by atoms with van der Waals surface area (Å²) >= 11 is 5.98. The number of rotatable bonds is 6. The van der Waals surface area contributed by atoms with Crippen LogP contribution in [0.5, 0.6) is 0 Å². The standard InChI is InChI=1S/C9H16O5S2/c1-5-14-9(15)16-6(7(10)11-2)8(12-3)13-4/h6,8H,5H2,1-4H3. The third kappa shape index (κ3) is 5.11. The average Bonchev–Trinajstić information content (AvgIpc) is 2.28. The lowest BCUT2D eigenvalue weighted by Crippen LogP contribution is -2.36. The van der Waals surface area contributed by atoms with E-state index in [1.165, 1.54) is 21.3 Å². The van der Waals surface area contributed by atoms with Crippen LogP contribution >= 0.6 is 24.0 Å². The Balaban J connectivity index is 4.53. The maximum absolute atomic E-state index is 11.5. The van der Waals surface area contributed by atoms with Crippen LogP contribution in [0.25, 0.3) is 0 Å². The molecule has 0 fully saturated rings. The van der Waals surface area contributed by atoms with Crippen molar-refractivity contribution in [1.82, 2.24) is 0 Å². The number of hydrogen-bond donors (Lipinski definition) is 0. The molecule has 0 aliphatic rings. The molecule has 16 heavy (non-hydrogen) atoms. The number of carbonyl (C=O) groups excluding carboxylic acids is 1. The van der Waals surface area contributed by atoms with E-state index in [9.17, 15) is 4.79 Å². The average molecular weight is 268 g/mol. The van der Waals surface area contributed by atoms with Crippen LogP contribution in [-0.2, 0) is 23.7 Å². The molecular formula is C9H16O5S2. The van der Waals surface area contributed by atoms with Crippen molar-refractivity contribution in [3.8, 4) is 0 Å². The van der Waals surface area contributed by atoms with Gasteiger partial charge in [0.2, 0.25) is 4.38 Å². The minimum absolute atomic E-state index is 0.261. The fraction of sp³-hybridized carbons (Fsp3) is 0.778. The van der Waals surface area contributed by atoms with Crippen LogP contribution in [0.15, 0.2) is 0 Å². The van der Waals surface area contributed by atoms with Crippen molar-refractivity contribution in [1.29, 1.82) is 0 Å². The fourth-order valence-electron chi connectivity index (χ4n) is 0.930. The summed E-state index contributed by atoms with van der Waals surface area (Å²) in [7, 11) is 4.17. The summed E-state index contributed by atoms with van der Waals surface area (Å²) < 4.78 is 20.0. The van der Waals surface area contributed by atoms with E-state index >= 15 is 0 Å². The molecular weight excluding hydrogens is 252 g/mol. The van der Waals surface area contributed by atoms with Gasteiger partial charge in [0.25, 0.3) is 0 Å². The van der Waals surface area contributed by atoms with Crippen molar-refractivity contribution in [2.75, 3.05) is 27.9 Å². The largest absolute Gasteiger partial charge is 0.479 e. The molecule has 1 unspecified atom stereocenters. The van der Waals surface area contributed by atoms with Gasteiger partial charge in [0, 0.05) is 14.2 Å². The van der Waals surface area contributed by atoms with Crippen molar-refractivity contribution < 1.29 is 23.7 Å². The van der Waals surface area contributed by atoms with Crippen molar-refractivity contribution in [3.05, 3.63) is 0 Å². The third-order valence-electron chi connectivity index (χ3n) is 1.63. The Morgan fingerprint density at radius 3 is 2.25 bits per heavy atom. The summed E-state index contributed by atoms with van der Waals surface area (Å²) in [4.78, 5) is 11.5. The molecule has 0 aliphatic carbocycles. The number of thiocarbonyl (C=S) groups is 1. The molecule has 0 rings (SSSR count). The molecule has 0 amide bonds. The Bertz CT molecular complexity index is 230. The van der Waals surface area contributed by atoms with E-state index in [0.29, 0.717) is 6.61 Å². The number of esters is 1. The summed E-state index contributed by atoms with van der Waals surface area (Å²) in [6, 6.07) is 0. The highest BCUT2D eigenvalue weighted by Gasteiger charge is 2.32. The molecule has 0 heterocycles. The zero-order chi connectivity index (χ0) is 12.6.